The number of nitro groups is 1. The molecule has 0 spiro atoms. The Kier molecular flexibility index (Phi) is 6.01. The van der Waals surface area contributed by atoms with Crippen molar-refractivity contribution in [1.82, 2.24) is 0 Å². The molecule has 2 aromatic rings. The maximum absolute atomic E-state index is 12.2. The maximum Gasteiger partial charge on any atom is 0.323 e. The van der Waals surface area contributed by atoms with Crippen LogP contribution in [0.1, 0.15) is 6.92 Å². The molecule has 0 aromatic heterocycles. The van der Waals surface area contributed by atoms with Crippen molar-refractivity contribution < 1.29 is 22.9 Å². The molecule has 0 radical (unpaired) electrons. The first-order valence-corrected chi connectivity index (χ1v) is 9.55. The second-order valence-corrected chi connectivity index (χ2v) is 7.48. The molecule has 0 heterocycles. The SMILES string of the molecule is CCOc1ccc(S(=O)(=O)Cl)cc1NC(=O)Nc1cccc([N+](=O)[O-])c1. The number of amides is 2. The van der Waals surface area contributed by atoms with E-state index in [0.29, 0.717) is 0 Å². The fourth-order valence-electron chi connectivity index (χ4n) is 2.02. The van der Waals surface area contributed by atoms with E-state index >= 15 is 0 Å². The minimum absolute atomic E-state index is 0.0801. The highest BCUT2D eigenvalue weighted by Gasteiger charge is 2.16. The number of hydrogen-bond donors (Lipinski definition) is 2. The van der Waals surface area contributed by atoms with E-state index in [4.69, 9.17) is 15.4 Å². The number of anilines is 2. The summed E-state index contributed by atoms with van der Waals surface area (Å²) in [5.41, 5.74) is 0.0836. The Hall–Kier alpha value is -2.85. The van der Waals surface area contributed by atoms with E-state index in [2.05, 4.69) is 10.6 Å². The number of nitrogens with one attached hydrogen (secondary N) is 2. The number of nitrogens with zero attached hydrogens (tertiary/aromatic N) is 1. The fraction of sp³-hybridized carbons (Fsp3) is 0.133. The molecule has 0 aliphatic rings. The van der Waals surface area contributed by atoms with Crippen molar-refractivity contribution in [2.24, 2.45) is 0 Å². The van der Waals surface area contributed by atoms with Crippen LogP contribution < -0.4 is 15.4 Å². The lowest BCUT2D eigenvalue weighted by atomic mass is 10.3. The van der Waals surface area contributed by atoms with Crippen LogP contribution in [0, 0.1) is 10.1 Å². The summed E-state index contributed by atoms with van der Waals surface area (Å²) >= 11 is 0. The van der Waals surface area contributed by atoms with E-state index in [0.717, 1.165) is 6.07 Å². The second kappa shape index (κ2) is 8.02. The van der Waals surface area contributed by atoms with E-state index < -0.39 is 20.0 Å². The quantitative estimate of drug-likeness (QED) is 0.434. The molecule has 26 heavy (non-hydrogen) atoms. The molecule has 2 aromatic carbocycles. The number of rotatable bonds is 6. The molecular formula is C15H14ClN3O6S. The van der Waals surface area contributed by atoms with Gasteiger partial charge in [-0.3, -0.25) is 10.1 Å². The van der Waals surface area contributed by atoms with Crippen LogP contribution in [0.15, 0.2) is 47.4 Å². The second-order valence-electron chi connectivity index (χ2n) is 4.92. The molecular weight excluding hydrogens is 386 g/mol. The van der Waals surface area contributed by atoms with E-state index in [1.165, 1.54) is 36.4 Å². The lowest BCUT2D eigenvalue weighted by molar-refractivity contribution is -0.384. The third-order valence-corrected chi connectivity index (χ3v) is 4.45. The fourth-order valence-corrected chi connectivity index (χ4v) is 2.80. The van der Waals surface area contributed by atoms with Gasteiger partial charge in [0.15, 0.2) is 0 Å². The van der Waals surface area contributed by atoms with Crippen LogP contribution in [-0.2, 0) is 9.05 Å². The van der Waals surface area contributed by atoms with Gasteiger partial charge >= 0.3 is 6.03 Å². The lowest BCUT2D eigenvalue weighted by Gasteiger charge is -2.13. The van der Waals surface area contributed by atoms with Crippen LogP contribution in [0.4, 0.5) is 21.9 Å². The van der Waals surface area contributed by atoms with E-state index in [-0.39, 0.29) is 34.3 Å². The van der Waals surface area contributed by atoms with Crippen molar-refractivity contribution in [3.63, 3.8) is 0 Å². The van der Waals surface area contributed by atoms with Crippen LogP contribution in [0.3, 0.4) is 0 Å². The molecule has 0 aliphatic carbocycles. The Balaban J connectivity index is 2.24. The molecule has 0 saturated heterocycles. The van der Waals surface area contributed by atoms with Gasteiger partial charge in [0.2, 0.25) is 0 Å². The highest BCUT2D eigenvalue weighted by Crippen LogP contribution is 2.29. The number of benzene rings is 2. The number of carbonyl (C=O) groups is 1. The zero-order valence-electron chi connectivity index (χ0n) is 13.4. The highest BCUT2D eigenvalue weighted by molar-refractivity contribution is 8.13. The minimum atomic E-state index is -4.00. The van der Waals surface area contributed by atoms with Crippen molar-refractivity contribution in [2.75, 3.05) is 17.2 Å². The van der Waals surface area contributed by atoms with Crippen molar-refractivity contribution in [1.29, 1.82) is 0 Å². The summed E-state index contributed by atoms with van der Waals surface area (Å²) in [4.78, 5) is 22.1. The summed E-state index contributed by atoms with van der Waals surface area (Å²) < 4.78 is 28.3. The number of carbonyl (C=O) groups excluding carboxylic acids is 1. The summed E-state index contributed by atoms with van der Waals surface area (Å²) in [6.45, 7) is 2.01. The van der Waals surface area contributed by atoms with Crippen LogP contribution >= 0.6 is 10.7 Å². The average Bonchev–Trinajstić information content (AvgIpc) is 2.55. The normalized spacial score (nSPS) is 10.8. The topological polar surface area (TPSA) is 128 Å². The van der Waals surface area contributed by atoms with Gasteiger partial charge in [-0.15, -0.1) is 0 Å². The van der Waals surface area contributed by atoms with Gasteiger partial charge in [0.1, 0.15) is 5.75 Å². The Bertz CT molecular complexity index is 948. The molecule has 2 rings (SSSR count). The molecule has 9 nitrogen and oxygen atoms in total. The lowest BCUT2D eigenvalue weighted by Crippen LogP contribution is -2.20. The zero-order chi connectivity index (χ0) is 19.3. The third kappa shape index (κ3) is 5.07. The van der Waals surface area contributed by atoms with Crippen molar-refractivity contribution >= 4 is 42.8 Å². The molecule has 0 bridgehead atoms. The third-order valence-electron chi connectivity index (χ3n) is 3.10. The van der Waals surface area contributed by atoms with Crippen LogP contribution in [0.25, 0.3) is 0 Å². The largest absolute Gasteiger partial charge is 0.492 e. The molecule has 2 N–H and O–H groups in total. The number of nitro benzene ring substituents is 1. The van der Waals surface area contributed by atoms with Crippen LogP contribution in [0.5, 0.6) is 5.75 Å². The number of halogens is 1. The maximum atomic E-state index is 12.2. The summed E-state index contributed by atoms with van der Waals surface area (Å²) in [5, 5.41) is 15.6. The van der Waals surface area contributed by atoms with Gasteiger partial charge in [0, 0.05) is 28.5 Å². The number of ether oxygens (including phenoxy) is 1. The van der Waals surface area contributed by atoms with Gasteiger partial charge in [0.05, 0.1) is 22.1 Å². The van der Waals surface area contributed by atoms with Crippen molar-refractivity contribution in [3.8, 4) is 5.75 Å². The Morgan fingerprint density at radius 2 is 1.96 bits per heavy atom. The summed E-state index contributed by atoms with van der Waals surface area (Å²) in [6.07, 6.45) is 0. The monoisotopic (exact) mass is 399 g/mol. The first kappa shape index (κ1) is 19.5. The Morgan fingerprint density at radius 1 is 1.23 bits per heavy atom. The zero-order valence-corrected chi connectivity index (χ0v) is 15.0. The molecule has 0 unspecified atom stereocenters. The smallest absolute Gasteiger partial charge is 0.323 e. The summed E-state index contributed by atoms with van der Waals surface area (Å²) in [7, 11) is 1.32. The molecule has 2 amide bonds. The van der Waals surface area contributed by atoms with Gasteiger partial charge in [0.25, 0.3) is 14.7 Å². The predicted octanol–water partition coefficient (Wildman–Crippen LogP) is 3.57. The molecule has 138 valence electrons. The van der Waals surface area contributed by atoms with Crippen LogP contribution in [0.2, 0.25) is 0 Å². The van der Waals surface area contributed by atoms with Crippen molar-refractivity contribution in [3.05, 3.63) is 52.6 Å². The Morgan fingerprint density at radius 3 is 2.58 bits per heavy atom. The van der Waals surface area contributed by atoms with Crippen molar-refractivity contribution in [2.45, 2.75) is 11.8 Å². The highest BCUT2D eigenvalue weighted by atomic mass is 35.7. The van der Waals surface area contributed by atoms with E-state index in [1.807, 2.05) is 0 Å². The van der Waals surface area contributed by atoms with E-state index in [9.17, 15) is 23.3 Å². The van der Waals surface area contributed by atoms with Crippen LogP contribution in [-0.4, -0.2) is 26.0 Å². The minimum Gasteiger partial charge on any atom is -0.492 e. The first-order valence-electron chi connectivity index (χ1n) is 7.24. The summed E-state index contributed by atoms with van der Waals surface area (Å²) in [6, 6.07) is 8.37. The molecule has 0 saturated carbocycles. The Labute approximate surface area is 153 Å². The standard InChI is InChI=1S/C15H14ClN3O6S/c1-2-25-14-7-6-12(26(16,23)24)9-13(14)18-15(20)17-10-4-3-5-11(8-10)19(21)22/h3-9H,2H2,1H3,(H2,17,18,20). The number of hydrogen-bond acceptors (Lipinski definition) is 6. The first-order chi connectivity index (χ1) is 12.2. The molecule has 0 atom stereocenters. The van der Waals surface area contributed by atoms with E-state index in [1.54, 1.807) is 6.92 Å². The molecule has 0 fully saturated rings. The van der Waals surface area contributed by atoms with Gasteiger partial charge in [-0.25, -0.2) is 13.2 Å². The molecule has 0 aliphatic heterocycles. The van der Waals surface area contributed by atoms with Gasteiger partial charge in [-0.2, -0.15) is 0 Å². The molecule has 11 heteroatoms. The predicted molar refractivity (Wildman–Crippen MR) is 96.4 cm³/mol. The summed E-state index contributed by atoms with van der Waals surface area (Å²) in [5.74, 6) is 0.241. The van der Waals surface area contributed by atoms with Gasteiger partial charge < -0.3 is 15.4 Å². The average molecular weight is 400 g/mol. The van der Waals surface area contributed by atoms with Gasteiger partial charge in [-0.1, -0.05) is 6.07 Å². The van der Waals surface area contributed by atoms with Gasteiger partial charge in [-0.05, 0) is 31.2 Å². The number of urea groups is 1. The number of non-ortho nitro benzene ring substituents is 1.